The summed E-state index contributed by atoms with van der Waals surface area (Å²) in [4.78, 5) is 16.7. The molecule has 1 heterocycles. The minimum atomic E-state index is -4.40. The van der Waals surface area contributed by atoms with Crippen molar-refractivity contribution >= 4 is 16.9 Å². The van der Waals surface area contributed by atoms with E-state index in [0.717, 1.165) is 16.9 Å². The summed E-state index contributed by atoms with van der Waals surface area (Å²) in [5.74, 6) is 0.612. The Morgan fingerprint density at radius 2 is 1.85 bits per heavy atom. The number of benzene rings is 2. The van der Waals surface area contributed by atoms with Crippen molar-refractivity contribution in [3.63, 3.8) is 0 Å². The number of carbonyl (C=O) groups is 1. The van der Waals surface area contributed by atoms with Crippen LogP contribution in [0.2, 0.25) is 0 Å². The number of hydrogen-bond donors (Lipinski definition) is 1. The molecule has 27 heavy (non-hydrogen) atoms. The van der Waals surface area contributed by atoms with Gasteiger partial charge in [0.1, 0.15) is 11.6 Å². The van der Waals surface area contributed by atoms with Crippen LogP contribution >= 0.6 is 0 Å². The lowest BCUT2D eigenvalue weighted by molar-refractivity contribution is -0.153. The number of para-hydroxylation sites is 2. The van der Waals surface area contributed by atoms with E-state index in [2.05, 4.69) is 15.0 Å². The van der Waals surface area contributed by atoms with Crippen molar-refractivity contribution in [3.8, 4) is 5.75 Å². The van der Waals surface area contributed by atoms with Crippen molar-refractivity contribution in [1.82, 2.24) is 14.9 Å². The van der Waals surface area contributed by atoms with Crippen LogP contribution in [0, 0.1) is 6.92 Å². The second-order valence-electron chi connectivity index (χ2n) is 5.98. The number of alkyl halides is 3. The molecule has 1 N–H and O–H groups in total. The predicted octanol–water partition coefficient (Wildman–Crippen LogP) is 3.72. The molecule has 2 aromatic carbocycles. The molecule has 1 aromatic heterocycles. The third kappa shape index (κ3) is 4.78. The van der Waals surface area contributed by atoms with Gasteiger partial charge in [0.25, 0.3) is 5.91 Å². The van der Waals surface area contributed by atoms with E-state index < -0.39 is 12.8 Å². The monoisotopic (exact) mass is 377 g/mol. The Kier molecular flexibility index (Phi) is 5.34. The van der Waals surface area contributed by atoms with Gasteiger partial charge in [-0.05, 0) is 43.3 Å². The van der Waals surface area contributed by atoms with E-state index in [4.69, 9.17) is 0 Å². The van der Waals surface area contributed by atoms with Crippen molar-refractivity contribution in [2.24, 2.45) is 0 Å². The third-order valence-corrected chi connectivity index (χ3v) is 3.99. The average molecular weight is 377 g/mol. The van der Waals surface area contributed by atoms with Crippen LogP contribution in [0.25, 0.3) is 11.0 Å². The van der Waals surface area contributed by atoms with E-state index in [9.17, 15) is 18.0 Å². The lowest BCUT2D eigenvalue weighted by atomic mass is 10.2. The van der Waals surface area contributed by atoms with Crippen LogP contribution in [0.15, 0.2) is 48.5 Å². The van der Waals surface area contributed by atoms with E-state index in [1.165, 1.54) is 24.3 Å². The lowest BCUT2D eigenvalue weighted by Gasteiger charge is -2.10. The van der Waals surface area contributed by atoms with Crippen LogP contribution in [0.1, 0.15) is 16.2 Å². The molecule has 0 bridgehead atoms. The standard InChI is InChI=1S/C19H18F3N3O2/c1-13-24-16-4-2-3-5-17(16)25(13)11-10-23-18(26)14-6-8-15(9-7-14)27-12-19(20,21)22/h2-9H,10-12H2,1H3,(H,23,26). The Labute approximate surface area is 153 Å². The van der Waals surface area contributed by atoms with E-state index in [0.29, 0.717) is 18.7 Å². The first-order valence-corrected chi connectivity index (χ1v) is 8.33. The van der Waals surface area contributed by atoms with Gasteiger partial charge in [0.15, 0.2) is 6.61 Å². The van der Waals surface area contributed by atoms with E-state index in [1.807, 2.05) is 35.8 Å². The summed E-state index contributed by atoms with van der Waals surface area (Å²) in [5, 5.41) is 2.80. The Morgan fingerprint density at radius 1 is 1.15 bits per heavy atom. The Hall–Kier alpha value is -3.03. The second kappa shape index (κ2) is 7.69. The van der Waals surface area contributed by atoms with Crippen LogP contribution in [-0.2, 0) is 6.54 Å². The van der Waals surface area contributed by atoms with Gasteiger partial charge in [-0.15, -0.1) is 0 Å². The zero-order valence-electron chi connectivity index (χ0n) is 14.6. The number of rotatable bonds is 6. The molecular weight excluding hydrogens is 359 g/mol. The maximum absolute atomic E-state index is 12.2. The molecule has 3 rings (SSSR count). The molecule has 1 amide bonds. The summed E-state index contributed by atoms with van der Waals surface area (Å²) in [6, 6.07) is 13.3. The number of aromatic nitrogens is 2. The van der Waals surface area contributed by atoms with E-state index >= 15 is 0 Å². The minimum Gasteiger partial charge on any atom is -0.484 e. The number of carbonyl (C=O) groups excluding carboxylic acids is 1. The highest BCUT2D eigenvalue weighted by Gasteiger charge is 2.28. The molecule has 0 saturated carbocycles. The van der Waals surface area contributed by atoms with Gasteiger partial charge < -0.3 is 14.6 Å². The molecule has 5 nitrogen and oxygen atoms in total. The summed E-state index contributed by atoms with van der Waals surface area (Å²) in [6.07, 6.45) is -4.40. The molecule has 0 radical (unpaired) electrons. The van der Waals surface area contributed by atoms with Gasteiger partial charge >= 0.3 is 6.18 Å². The molecule has 0 aliphatic carbocycles. The van der Waals surface area contributed by atoms with Gasteiger partial charge in [0, 0.05) is 18.7 Å². The third-order valence-electron chi connectivity index (χ3n) is 3.99. The highest BCUT2D eigenvalue weighted by atomic mass is 19.4. The van der Waals surface area contributed by atoms with Crippen molar-refractivity contribution in [1.29, 1.82) is 0 Å². The van der Waals surface area contributed by atoms with Gasteiger partial charge in [-0.25, -0.2) is 4.98 Å². The van der Waals surface area contributed by atoms with Crippen LogP contribution in [0.3, 0.4) is 0 Å². The number of halogens is 3. The van der Waals surface area contributed by atoms with Gasteiger partial charge in [-0.2, -0.15) is 13.2 Å². The summed E-state index contributed by atoms with van der Waals surface area (Å²) in [5.41, 5.74) is 2.24. The number of amides is 1. The molecule has 0 fully saturated rings. The van der Waals surface area contributed by atoms with Gasteiger partial charge in [0.2, 0.25) is 0 Å². The zero-order chi connectivity index (χ0) is 19.4. The van der Waals surface area contributed by atoms with Gasteiger partial charge in [0.05, 0.1) is 11.0 Å². The fourth-order valence-electron chi connectivity index (χ4n) is 2.73. The lowest BCUT2D eigenvalue weighted by Crippen LogP contribution is -2.27. The van der Waals surface area contributed by atoms with Crippen LogP contribution in [0.5, 0.6) is 5.75 Å². The molecule has 3 aromatic rings. The van der Waals surface area contributed by atoms with E-state index in [-0.39, 0.29) is 11.7 Å². The first-order chi connectivity index (χ1) is 12.8. The molecule has 0 unspecified atom stereocenters. The van der Waals surface area contributed by atoms with Crippen molar-refractivity contribution in [2.75, 3.05) is 13.2 Å². The average Bonchev–Trinajstić information content (AvgIpc) is 2.95. The minimum absolute atomic E-state index is 0.0596. The number of ether oxygens (including phenoxy) is 1. The molecule has 142 valence electrons. The van der Waals surface area contributed by atoms with Gasteiger partial charge in [-0.1, -0.05) is 12.1 Å². The SMILES string of the molecule is Cc1nc2ccccc2n1CCNC(=O)c1ccc(OCC(F)(F)F)cc1. The van der Waals surface area contributed by atoms with Crippen molar-refractivity contribution in [2.45, 2.75) is 19.6 Å². The molecule has 0 saturated heterocycles. The Balaban J connectivity index is 1.55. The van der Waals surface area contributed by atoms with Crippen molar-refractivity contribution in [3.05, 3.63) is 59.9 Å². The summed E-state index contributed by atoms with van der Waals surface area (Å²) in [7, 11) is 0. The van der Waals surface area contributed by atoms with Crippen LogP contribution in [0.4, 0.5) is 13.2 Å². The van der Waals surface area contributed by atoms with Crippen molar-refractivity contribution < 1.29 is 22.7 Å². The van der Waals surface area contributed by atoms with Crippen LogP contribution in [-0.4, -0.2) is 34.8 Å². The number of fused-ring (bicyclic) bond motifs is 1. The van der Waals surface area contributed by atoms with Gasteiger partial charge in [-0.3, -0.25) is 4.79 Å². The summed E-state index contributed by atoms with van der Waals surface area (Å²) >= 11 is 0. The molecule has 8 heteroatoms. The molecule has 0 atom stereocenters. The topological polar surface area (TPSA) is 56.2 Å². The number of nitrogens with zero attached hydrogens (tertiary/aromatic N) is 2. The highest BCUT2D eigenvalue weighted by molar-refractivity contribution is 5.94. The second-order valence-corrected chi connectivity index (χ2v) is 5.98. The quantitative estimate of drug-likeness (QED) is 0.712. The summed E-state index contributed by atoms with van der Waals surface area (Å²) in [6.45, 7) is 1.50. The Morgan fingerprint density at radius 3 is 2.56 bits per heavy atom. The molecule has 0 spiro atoms. The predicted molar refractivity (Wildman–Crippen MR) is 94.8 cm³/mol. The normalized spacial score (nSPS) is 11.6. The van der Waals surface area contributed by atoms with E-state index in [1.54, 1.807) is 0 Å². The fourth-order valence-corrected chi connectivity index (χ4v) is 2.73. The largest absolute Gasteiger partial charge is 0.484 e. The number of nitrogens with one attached hydrogen (secondary N) is 1. The summed E-state index contributed by atoms with van der Waals surface area (Å²) < 4.78 is 43.0. The smallest absolute Gasteiger partial charge is 0.422 e. The maximum Gasteiger partial charge on any atom is 0.422 e. The number of aryl methyl sites for hydroxylation is 1. The van der Waals surface area contributed by atoms with Crippen LogP contribution < -0.4 is 10.1 Å². The highest BCUT2D eigenvalue weighted by Crippen LogP contribution is 2.19. The maximum atomic E-state index is 12.2. The zero-order valence-corrected chi connectivity index (χ0v) is 14.6. The first-order valence-electron chi connectivity index (χ1n) is 8.33. The molecular formula is C19H18F3N3O2. The fraction of sp³-hybridized carbons (Fsp3) is 0.263. The molecule has 0 aliphatic heterocycles. The number of hydrogen-bond acceptors (Lipinski definition) is 3. The number of imidazole rings is 1. The Bertz CT molecular complexity index is 934. The first kappa shape index (κ1) is 18.8. The molecule has 0 aliphatic rings.